The van der Waals surface area contributed by atoms with Crippen LogP contribution in [-0.4, -0.2) is 45.9 Å². The number of hydrogen-bond donors (Lipinski definition) is 3. The van der Waals surface area contributed by atoms with Gasteiger partial charge >= 0.3 is 0 Å². The third-order valence-corrected chi connectivity index (χ3v) is 2.42. The number of halogens is 1. The van der Waals surface area contributed by atoms with Gasteiger partial charge in [-0.05, 0) is 0 Å². The summed E-state index contributed by atoms with van der Waals surface area (Å²) < 4.78 is 18.5. The first-order valence-electron chi connectivity index (χ1n) is 4.62. The molecule has 88 valence electrons. The molecule has 0 aromatic rings. The lowest BCUT2D eigenvalue weighted by molar-refractivity contribution is -0.137. The van der Waals surface area contributed by atoms with E-state index in [9.17, 15) is 19.4 Å². The quantitative estimate of drug-likeness (QED) is 0.526. The van der Waals surface area contributed by atoms with E-state index in [1.54, 1.807) is 0 Å². The van der Waals surface area contributed by atoms with Crippen LogP contribution in [-0.2, 0) is 9.53 Å². The van der Waals surface area contributed by atoms with Crippen LogP contribution < -0.4 is 5.32 Å². The molecule has 2 heterocycles. The van der Waals surface area contributed by atoms with Crippen LogP contribution in [0.25, 0.3) is 0 Å². The minimum atomic E-state index is -1.73. The summed E-state index contributed by atoms with van der Waals surface area (Å²) in [6.07, 6.45) is -3.43. The van der Waals surface area contributed by atoms with E-state index in [0.29, 0.717) is 0 Å². The zero-order chi connectivity index (χ0) is 11.9. The van der Waals surface area contributed by atoms with Gasteiger partial charge < -0.3 is 20.3 Å². The summed E-state index contributed by atoms with van der Waals surface area (Å²) in [6, 6.07) is 0. The van der Waals surface area contributed by atoms with Gasteiger partial charge in [0.1, 0.15) is 11.9 Å². The fourth-order valence-corrected chi connectivity index (χ4v) is 1.56. The molecule has 2 aliphatic rings. The van der Waals surface area contributed by atoms with Crippen LogP contribution in [0.4, 0.5) is 4.39 Å². The largest absolute Gasteiger partial charge is 0.469 e. The Morgan fingerprint density at radius 2 is 2.25 bits per heavy atom. The average Bonchev–Trinajstić information content (AvgIpc) is 2.46. The Bertz CT molecular complexity index is 359. The molecule has 0 radical (unpaired) electrons. The van der Waals surface area contributed by atoms with E-state index in [4.69, 9.17) is 4.74 Å². The van der Waals surface area contributed by atoms with Gasteiger partial charge in [-0.15, -0.1) is 0 Å². The highest BCUT2D eigenvalue weighted by Crippen LogP contribution is 2.29. The first-order chi connectivity index (χ1) is 7.50. The molecule has 3 N–H and O–H groups in total. The average molecular weight is 230 g/mol. The van der Waals surface area contributed by atoms with Crippen LogP contribution in [0.3, 0.4) is 0 Å². The first kappa shape index (κ1) is 10.9. The standard InChI is InChI=1S/C9H11FN2O4/c1-4-7(14)6(10)8(16-4)12-3-2-5(13)11-9(12)15/h2-3,6-9,14-15H,1H2,(H,11,13)/t6-,7-,8-,9?/m1/s1. The Morgan fingerprint density at radius 1 is 1.56 bits per heavy atom. The Labute approximate surface area is 90.6 Å². The second kappa shape index (κ2) is 3.76. The molecule has 0 aliphatic carbocycles. The van der Waals surface area contributed by atoms with E-state index >= 15 is 0 Å². The molecule has 0 saturated carbocycles. The summed E-state index contributed by atoms with van der Waals surface area (Å²) in [7, 11) is 0. The van der Waals surface area contributed by atoms with Gasteiger partial charge in [-0.2, -0.15) is 0 Å². The van der Waals surface area contributed by atoms with E-state index in [0.717, 1.165) is 11.0 Å². The summed E-state index contributed by atoms with van der Waals surface area (Å²) in [5.74, 6) is -0.591. The van der Waals surface area contributed by atoms with Crippen molar-refractivity contribution >= 4 is 5.91 Å². The second-order valence-corrected chi connectivity index (χ2v) is 3.51. The molecule has 0 bridgehead atoms. The molecule has 2 rings (SSSR count). The van der Waals surface area contributed by atoms with Crippen molar-refractivity contribution in [2.45, 2.75) is 24.9 Å². The van der Waals surface area contributed by atoms with Crippen molar-refractivity contribution in [2.24, 2.45) is 0 Å². The van der Waals surface area contributed by atoms with Gasteiger partial charge in [0, 0.05) is 12.3 Å². The molecule has 0 aromatic heterocycles. The van der Waals surface area contributed by atoms with Crippen LogP contribution in [0.5, 0.6) is 0 Å². The van der Waals surface area contributed by atoms with Gasteiger partial charge in [-0.25, -0.2) is 4.39 Å². The van der Waals surface area contributed by atoms with Crippen molar-refractivity contribution < 1.29 is 24.1 Å². The number of alkyl halides is 1. The van der Waals surface area contributed by atoms with Crippen LogP contribution in [0.2, 0.25) is 0 Å². The number of carbonyl (C=O) groups excluding carboxylic acids is 1. The zero-order valence-corrected chi connectivity index (χ0v) is 8.21. The van der Waals surface area contributed by atoms with Gasteiger partial charge in [-0.3, -0.25) is 9.69 Å². The monoisotopic (exact) mass is 230 g/mol. The number of nitrogens with one attached hydrogen (secondary N) is 1. The summed E-state index contributed by atoms with van der Waals surface area (Å²) in [4.78, 5) is 11.9. The molecule has 1 saturated heterocycles. The number of ether oxygens (including phenoxy) is 1. The molecule has 1 unspecified atom stereocenters. The second-order valence-electron chi connectivity index (χ2n) is 3.51. The van der Waals surface area contributed by atoms with Crippen molar-refractivity contribution in [3.05, 3.63) is 24.6 Å². The highest BCUT2D eigenvalue weighted by atomic mass is 19.1. The van der Waals surface area contributed by atoms with Gasteiger partial charge in [0.2, 0.25) is 18.5 Å². The first-order valence-corrected chi connectivity index (χ1v) is 4.62. The summed E-state index contributed by atoms with van der Waals surface area (Å²) in [6.45, 7) is 3.34. The number of hydrogen-bond acceptors (Lipinski definition) is 5. The van der Waals surface area contributed by atoms with Crippen LogP contribution in [0, 0.1) is 0 Å². The van der Waals surface area contributed by atoms with E-state index < -0.39 is 30.8 Å². The molecule has 7 heteroatoms. The lowest BCUT2D eigenvalue weighted by atomic mass is 10.2. The number of aliphatic hydroxyl groups is 2. The Hall–Kier alpha value is -1.60. The van der Waals surface area contributed by atoms with E-state index in [2.05, 4.69) is 11.9 Å². The molecule has 0 spiro atoms. The highest BCUT2D eigenvalue weighted by Gasteiger charge is 2.45. The highest BCUT2D eigenvalue weighted by molar-refractivity contribution is 5.88. The maximum atomic E-state index is 13.6. The van der Waals surface area contributed by atoms with Crippen molar-refractivity contribution in [3.63, 3.8) is 0 Å². The normalized spacial score (nSPS) is 38.6. The number of rotatable bonds is 1. The number of aliphatic hydroxyl groups excluding tert-OH is 2. The lowest BCUT2D eigenvalue weighted by Gasteiger charge is -2.34. The molecule has 16 heavy (non-hydrogen) atoms. The third-order valence-electron chi connectivity index (χ3n) is 2.42. The van der Waals surface area contributed by atoms with Crippen LogP contribution in [0.15, 0.2) is 24.6 Å². The topological polar surface area (TPSA) is 82.0 Å². The molecular weight excluding hydrogens is 219 g/mol. The predicted octanol–water partition coefficient (Wildman–Crippen LogP) is -1.22. The Kier molecular flexibility index (Phi) is 2.56. The van der Waals surface area contributed by atoms with Crippen molar-refractivity contribution in [1.29, 1.82) is 0 Å². The van der Waals surface area contributed by atoms with Crippen LogP contribution >= 0.6 is 0 Å². The molecular formula is C9H11FN2O4. The van der Waals surface area contributed by atoms with Crippen molar-refractivity contribution in [2.75, 3.05) is 0 Å². The SMILES string of the molecule is C=C1O[C@@H](N2C=CC(=O)NC2O)[C@H](F)[C@@H]1O. The predicted molar refractivity (Wildman–Crippen MR) is 50.0 cm³/mol. The fraction of sp³-hybridized carbons (Fsp3) is 0.444. The molecule has 0 aromatic carbocycles. The molecule has 2 aliphatic heterocycles. The smallest absolute Gasteiger partial charge is 0.248 e. The van der Waals surface area contributed by atoms with Gasteiger partial charge in [-0.1, -0.05) is 6.58 Å². The van der Waals surface area contributed by atoms with Gasteiger partial charge in [0.05, 0.1) is 0 Å². The zero-order valence-electron chi connectivity index (χ0n) is 8.21. The van der Waals surface area contributed by atoms with E-state index in [1.807, 2.05) is 0 Å². The number of carbonyl (C=O) groups is 1. The van der Waals surface area contributed by atoms with E-state index in [1.165, 1.54) is 6.20 Å². The van der Waals surface area contributed by atoms with E-state index in [-0.39, 0.29) is 5.76 Å². The molecule has 1 fully saturated rings. The Morgan fingerprint density at radius 3 is 2.75 bits per heavy atom. The summed E-state index contributed by atoms with van der Waals surface area (Å²) in [5, 5.41) is 20.9. The molecule has 1 amide bonds. The third kappa shape index (κ3) is 1.63. The number of amides is 1. The van der Waals surface area contributed by atoms with Crippen LogP contribution in [0.1, 0.15) is 0 Å². The number of nitrogens with zero attached hydrogens (tertiary/aromatic N) is 1. The maximum absolute atomic E-state index is 13.6. The van der Waals surface area contributed by atoms with Gasteiger partial charge in [0.15, 0.2) is 6.17 Å². The molecule has 6 nitrogen and oxygen atoms in total. The Balaban J connectivity index is 2.17. The minimum absolute atomic E-state index is 0.102. The van der Waals surface area contributed by atoms with Crippen molar-refractivity contribution in [1.82, 2.24) is 10.2 Å². The molecule has 4 atom stereocenters. The van der Waals surface area contributed by atoms with Crippen molar-refractivity contribution in [3.8, 4) is 0 Å². The lowest BCUT2D eigenvalue weighted by Crippen LogP contribution is -2.54. The summed E-state index contributed by atoms with van der Waals surface area (Å²) in [5.41, 5.74) is 0. The summed E-state index contributed by atoms with van der Waals surface area (Å²) >= 11 is 0. The fourth-order valence-electron chi connectivity index (χ4n) is 1.56. The minimum Gasteiger partial charge on any atom is -0.469 e. The van der Waals surface area contributed by atoms with Gasteiger partial charge in [0.25, 0.3) is 0 Å². The maximum Gasteiger partial charge on any atom is 0.248 e.